The molecular weight excluding hydrogens is 476 g/mol. The number of aliphatic imine (C=N–C) groups is 2. The van der Waals surface area contributed by atoms with Crippen LogP contribution in [0, 0.1) is 25.7 Å². The minimum Gasteiger partial charge on any atom is -0.396 e. The van der Waals surface area contributed by atoms with Crippen molar-refractivity contribution in [1.82, 2.24) is 13.9 Å². The molecule has 0 amide bonds. The average Bonchev–Trinajstić information content (AvgIpc) is 3.38. The van der Waals surface area contributed by atoms with E-state index < -0.39 is 16.3 Å². The fraction of sp³-hybridized carbons (Fsp3) is 0.348. The molecule has 5 rings (SSSR count). The third-order valence-corrected chi connectivity index (χ3v) is 8.55. The molecular formula is C23H25ClN6O3S. The minimum absolute atomic E-state index is 0.0445. The molecule has 3 atom stereocenters. The first-order valence-electron chi connectivity index (χ1n) is 10.9. The smallest absolute Gasteiger partial charge is 0.269 e. The summed E-state index contributed by atoms with van der Waals surface area (Å²) in [7, 11) is -3.77. The van der Waals surface area contributed by atoms with Gasteiger partial charge in [0.1, 0.15) is 11.0 Å². The lowest BCUT2D eigenvalue weighted by atomic mass is 9.96. The molecule has 0 spiro atoms. The zero-order valence-electron chi connectivity index (χ0n) is 18.8. The van der Waals surface area contributed by atoms with E-state index in [1.54, 1.807) is 36.5 Å². The van der Waals surface area contributed by atoms with Gasteiger partial charge in [-0.2, -0.15) is 0 Å². The highest BCUT2D eigenvalue weighted by Gasteiger charge is 2.43. The molecule has 1 saturated heterocycles. The Morgan fingerprint density at radius 1 is 1.18 bits per heavy atom. The number of aryl methyl sites for hydroxylation is 2. The molecule has 178 valence electrons. The molecule has 3 aromatic rings. The number of benzene rings is 1. The molecule has 2 aliphatic heterocycles. The van der Waals surface area contributed by atoms with Gasteiger partial charge in [-0.1, -0.05) is 29.3 Å². The molecule has 0 radical (unpaired) electrons. The van der Waals surface area contributed by atoms with Crippen LogP contribution in [0.1, 0.15) is 16.7 Å². The maximum Gasteiger partial charge on any atom is 0.269 e. The largest absolute Gasteiger partial charge is 0.396 e. The van der Waals surface area contributed by atoms with Crippen LogP contribution in [0.3, 0.4) is 0 Å². The first kappa shape index (κ1) is 23.0. The summed E-state index contributed by atoms with van der Waals surface area (Å²) in [4.78, 5) is 15.4. The number of nitrogens with two attached hydrogens (primary N) is 1. The van der Waals surface area contributed by atoms with E-state index in [-0.39, 0.29) is 23.3 Å². The van der Waals surface area contributed by atoms with Gasteiger partial charge in [0.25, 0.3) is 10.0 Å². The first-order chi connectivity index (χ1) is 16.2. The van der Waals surface area contributed by atoms with Crippen LogP contribution in [-0.2, 0) is 16.6 Å². The Morgan fingerprint density at radius 3 is 2.62 bits per heavy atom. The molecule has 0 aliphatic carbocycles. The highest BCUT2D eigenvalue weighted by molar-refractivity contribution is 7.90. The fourth-order valence-corrected chi connectivity index (χ4v) is 6.33. The topological polar surface area (TPSA) is 126 Å². The van der Waals surface area contributed by atoms with Gasteiger partial charge in [0, 0.05) is 43.4 Å². The summed E-state index contributed by atoms with van der Waals surface area (Å²) in [5.74, 6) is 0.315. The summed E-state index contributed by atoms with van der Waals surface area (Å²) in [5.41, 5.74) is 9.11. The van der Waals surface area contributed by atoms with Crippen molar-refractivity contribution in [2.45, 2.75) is 31.6 Å². The lowest BCUT2D eigenvalue weighted by Gasteiger charge is -2.25. The highest BCUT2D eigenvalue weighted by Crippen LogP contribution is 2.33. The SMILES string of the molecule is Cc1ccc(S(=O)(=O)n2ccc3c(C)c(CN4CC(CO)C5C(Cl)=NC(N)N=C54)cnc32)cc1. The Hall–Kier alpha value is -2.79. The van der Waals surface area contributed by atoms with Crippen molar-refractivity contribution in [3.8, 4) is 0 Å². The number of amidine groups is 1. The van der Waals surface area contributed by atoms with Crippen LogP contribution >= 0.6 is 11.6 Å². The third-order valence-electron chi connectivity index (χ3n) is 6.53. The van der Waals surface area contributed by atoms with E-state index in [0.29, 0.717) is 29.7 Å². The number of aliphatic hydroxyl groups excluding tert-OH is 1. The van der Waals surface area contributed by atoms with Gasteiger partial charge in [0.05, 0.1) is 10.8 Å². The zero-order chi connectivity index (χ0) is 24.2. The predicted octanol–water partition coefficient (Wildman–Crippen LogP) is 2.22. The normalized spacial score (nSPS) is 22.6. The van der Waals surface area contributed by atoms with Crippen LogP contribution in [-0.4, -0.2) is 57.8 Å². The van der Waals surface area contributed by atoms with Crippen molar-refractivity contribution in [2.75, 3.05) is 13.2 Å². The van der Waals surface area contributed by atoms with E-state index in [2.05, 4.69) is 15.0 Å². The minimum atomic E-state index is -3.77. The van der Waals surface area contributed by atoms with Gasteiger partial charge < -0.3 is 10.0 Å². The Kier molecular flexibility index (Phi) is 5.71. The fourth-order valence-electron chi connectivity index (χ4n) is 4.65. The standard InChI is InChI=1S/C23H25ClN6O3S/c1-13-3-5-17(6-4-13)34(32,33)30-8-7-18-14(2)15(9-26-21(18)30)10-29-11-16(12-31)19-20(24)27-23(25)28-22(19)29/h3-9,16,19,23,31H,10-12,25H2,1-2H3. The molecule has 0 saturated carbocycles. The maximum absolute atomic E-state index is 13.2. The van der Waals surface area contributed by atoms with E-state index in [4.69, 9.17) is 17.3 Å². The first-order valence-corrected chi connectivity index (χ1v) is 12.7. The number of pyridine rings is 1. The van der Waals surface area contributed by atoms with Crippen LogP contribution in [0.25, 0.3) is 11.0 Å². The Morgan fingerprint density at radius 2 is 1.91 bits per heavy atom. The predicted molar refractivity (Wildman–Crippen MR) is 131 cm³/mol. The molecule has 1 aromatic carbocycles. The van der Waals surface area contributed by atoms with Gasteiger partial charge in [-0.3, -0.25) is 5.73 Å². The molecule has 4 heterocycles. The molecule has 2 aromatic heterocycles. The number of hydrogen-bond acceptors (Lipinski definition) is 8. The lowest BCUT2D eigenvalue weighted by Crippen LogP contribution is -2.36. The van der Waals surface area contributed by atoms with Gasteiger partial charge in [0.2, 0.25) is 0 Å². The van der Waals surface area contributed by atoms with E-state index in [9.17, 15) is 13.5 Å². The number of halogens is 1. The number of nitrogens with zero attached hydrogens (tertiary/aromatic N) is 5. The van der Waals surface area contributed by atoms with Crippen molar-refractivity contribution in [3.63, 3.8) is 0 Å². The lowest BCUT2D eigenvalue weighted by molar-refractivity contribution is 0.213. The molecule has 34 heavy (non-hydrogen) atoms. The van der Waals surface area contributed by atoms with Gasteiger partial charge in [-0.05, 0) is 43.2 Å². The van der Waals surface area contributed by atoms with Crippen molar-refractivity contribution in [1.29, 1.82) is 0 Å². The quantitative estimate of drug-likeness (QED) is 0.553. The molecule has 3 unspecified atom stereocenters. The second-order valence-electron chi connectivity index (χ2n) is 8.73. The maximum atomic E-state index is 13.2. The van der Waals surface area contributed by atoms with Crippen LogP contribution in [0.15, 0.2) is 57.6 Å². The van der Waals surface area contributed by atoms with Crippen LogP contribution < -0.4 is 5.73 Å². The number of aromatic nitrogens is 2. The Labute approximate surface area is 202 Å². The van der Waals surface area contributed by atoms with E-state index >= 15 is 0 Å². The average molecular weight is 501 g/mol. The summed E-state index contributed by atoms with van der Waals surface area (Å²) in [5, 5.41) is 11.0. The van der Waals surface area contributed by atoms with E-state index in [1.165, 1.54) is 10.2 Å². The number of likely N-dealkylation sites (tertiary alicyclic amines) is 1. The summed E-state index contributed by atoms with van der Waals surface area (Å²) < 4.78 is 27.7. The number of hydrogen-bond donors (Lipinski definition) is 2. The molecule has 0 bridgehead atoms. The Bertz CT molecular complexity index is 1430. The molecule has 11 heteroatoms. The monoisotopic (exact) mass is 500 g/mol. The van der Waals surface area contributed by atoms with Crippen LogP contribution in [0.5, 0.6) is 0 Å². The third kappa shape index (κ3) is 3.70. The van der Waals surface area contributed by atoms with E-state index in [1.807, 2.05) is 18.7 Å². The summed E-state index contributed by atoms with van der Waals surface area (Å²) in [6.45, 7) is 4.85. The van der Waals surface area contributed by atoms with Crippen molar-refractivity contribution < 1.29 is 13.5 Å². The van der Waals surface area contributed by atoms with Gasteiger partial charge in [-0.25, -0.2) is 27.4 Å². The van der Waals surface area contributed by atoms with Crippen molar-refractivity contribution in [3.05, 3.63) is 59.4 Å². The number of aliphatic hydroxyl groups is 1. The van der Waals surface area contributed by atoms with Gasteiger partial charge in [-0.15, -0.1) is 0 Å². The molecule has 3 N–H and O–H groups in total. The summed E-state index contributed by atoms with van der Waals surface area (Å²) in [6, 6.07) is 8.52. The highest BCUT2D eigenvalue weighted by atomic mass is 35.5. The van der Waals surface area contributed by atoms with Gasteiger partial charge in [0.15, 0.2) is 11.9 Å². The second kappa shape index (κ2) is 8.46. The Balaban J connectivity index is 1.49. The van der Waals surface area contributed by atoms with E-state index in [0.717, 1.165) is 22.1 Å². The number of fused-ring (bicyclic) bond motifs is 2. The summed E-state index contributed by atoms with van der Waals surface area (Å²) in [6.07, 6.45) is 2.47. The van der Waals surface area contributed by atoms with Crippen molar-refractivity contribution >= 4 is 43.7 Å². The molecule has 1 fully saturated rings. The molecule has 2 aliphatic rings. The van der Waals surface area contributed by atoms with Gasteiger partial charge >= 0.3 is 0 Å². The number of rotatable bonds is 5. The second-order valence-corrected chi connectivity index (χ2v) is 10.9. The van der Waals surface area contributed by atoms with Crippen LogP contribution in [0.4, 0.5) is 0 Å². The van der Waals surface area contributed by atoms with Crippen LogP contribution in [0.2, 0.25) is 0 Å². The zero-order valence-corrected chi connectivity index (χ0v) is 20.3. The summed E-state index contributed by atoms with van der Waals surface area (Å²) >= 11 is 6.35. The van der Waals surface area contributed by atoms with Crippen molar-refractivity contribution in [2.24, 2.45) is 27.6 Å². The molecule has 9 nitrogen and oxygen atoms in total.